The summed E-state index contributed by atoms with van der Waals surface area (Å²) in [6.45, 7) is 0. The molecule has 1 rings (SSSR count). The highest BCUT2D eigenvalue weighted by Gasteiger charge is 2.21. The Morgan fingerprint density at radius 2 is 1.93 bits per heavy atom. The number of hydrogen-bond acceptors (Lipinski definition) is 3. The second kappa shape index (κ2) is 3.70. The molecule has 0 fully saturated rings. The summed E-state index contributed by atoms with van der Waals surface area (Å²) in [6, 6.07) is 1.21. The third kappa shape index (κ3) is 2.13. The van der Waals surface area contributed by atoms with Crippen molar-refractivity contribution >= 4 is 19.7 Å². The minimum Gasteiger partial charge on any atom is -0.494 e. The van der Waals surface area contributed by atoms with Gasteiger partial charge in [-0.15, -0.1) is 0 Å². The summed E-state index contributed by atoms with van der Waals surface area (Å²) in [5.41, 5.74) is 0. The lowest BCUT2D eigenvalue weighted by molar-refractivity contribution is 0.376. The Kier molecular flexibility index (Phi) is 2.96. The molecule has 0 radical (unpaired) electrons. The van der Waals surface area contributed by atoms with Crippen LogP contribution >= 0.6 is 10.7 Å². The van der Waals surface area contributed by atoms with Crippen LogP contribution in [0.2, 0.25) is 0 Å². The molecule has 0 aliphatic heterocycles. The summed E-state index contributed by atoms with van der Waals surface area (Å²) in [7, 11) is 1.65. The van der Waals surface area contributed by atoms with Crippen molar-refractivity contribution in [2.45, 2.75) is 4.90 Å². The summed E-state index contributed by atoms with van der Waals surface area (Å²) >= 11 is 0. The summed E-state index contributed by atoms with van der Waals surface area (Å²) < 4.78 is 51.9. The normalized spacial score (nSPS) is 11.4. The maximum Gasteiger partial charge on any atom is 0.264 e. The van der Waals surface area contributed by atoms with Crippen molar-refractivity contribution in [1.29, 1.82) is 0 Å². The number of benzene rings is 1. The van der Waals surface area contributed by atoms with Crippen LogP contribution in [0, 0.1) is 11.6 Å². The van der Waals surface area contributed by atoms with E-state index in [2.05, 4.69) is 4.74 Å². The highest BCUT2D eigenvalue weighted by atomic mass is 35.7. The van der Waals surface area contributed by atoms with Crippen molar-refractivity contribution in [3.8, 4) is 5.75 Å². The molecular formula is C7H5ClF2O3S. The summed E-state index contributed by atoms with van der Waals surface area (Å²) in [4.78, 5) is -0.934. The van der Waals surface area contributed by atoms with Gasteiger partial charge in [-0.25, -0.2) is 17.2 Å². The first-order valence-corrected chi connectivity index (χ1v) is 5.65. The van der Waals surface area contributed by atoms with Crippen molar-refractivity contribution in [3.05, 3.63) is 23.8 Å². The third-order valence-corrected chi connectivity index (χ3v) is 2.77. The molecule has 0 aromatic heterocycles. The predicted octanol–water partition coefficient (Wildman–Crippen LogP) is 1.90. The lowest BCUT2D eigenvalue weighted by Crippen LogP contribution is -1.99. The Hall–Kier alpha value is -0.880. The van der Waals surface area contributed by atoms with E-state index >= 15 is 0 Å². The Morgan fingerprint density at radius 1 is 1.36 bits per heavy atom. The Balaban J connectivity index is 3.53. The molecule has 0 N–H and O–H groups in total. The quantitative estimate of drug-likeness (QED) is 0.744. The van der Waals surface area contributed by atoms with Crippen LogP contribution in [0.5, 0.6) is 5.75 Å². The molecule has 0 aliphatic rings. The van der Waals surface area contributed by atoms with Crippen LogP contribution in [0.15, 0.2) is 17.0 Å². The van der Waals surface area contributed by atoms with E-state index in [0.717, 1.165) is 13.2 Å². The van der Waals surface area contributed by atoms with Crippen LogP contribution in [0.25, 0.3) is 0 Å². The first kappa shape index (κ1) is 11.2. The molecular weight excluding hydrogens is 238 g/mol. The van der Waals surface area contributed by atoms with Gasteiger partial charge in [-0.2, -0.15) is 0 Å². The van der Waals surface area contributed by atoms with Gasteiger partial charge in [0.15, 0.2) is 11.6 Å². The van der Waals surface area contributed by atoms with Gasteiger partial charge in [-0.05, 0) is 6.07 Å². The molecule has 0 amide bonds. The molecule has 1 aromatic rings. The van der Waals surface area contributed by atoms with Crippen LogP contribution in [-0.2, 0) is 9.05 Å². The van der Waals surface area contributed by atoms with Crippen LogP contribution in [0.1, 0.15) is 0 Å². The van der Waals surface area contributed by atoms with Crippen LogP contribution in [0.4, 0.5) is 8.78 Å². The highest BCUT2D eigenvalue weighted by Crippen LogP contribution is 2.27. The van der Waals surface area contributed by atoms with E-state index in [1.54, 1.807) is 0 Å². The number of hydrogen-bond donors (Lipinski definition) is 0. The fourth-order valence-corrected chi connectivity index (χ4v) is 1.77. The molecule has 0 saturated carbocycles. The van der Waals surface area contributed by atoms with Gasteiger partial charge in [0.1, 0.15) is 10.7 Å². The lowest BCUT2D eigenvalue weighted by atomic mass is 10.3. The second-order valence-corrected chi connectivity index (χ2v) is 4.89. The van der Waals surface area contributed by atoms with Gasteiger partial charge in [0, 0.05) is 16.7 Å². The number of rotatable bonds is 2. The van der Waals surface area contributed by atoms with Gasteiger partial charge in [0.2, 0.25) is 0 Å². The predicted molar refractivity (Wildman–Crippen MR) is 45.9 cm³/mol. The van der Waals surface area contributed by atoms with Gasteiger partial charge >= 0.3 is 0 Å². The van der Waals surface area contributed by atoms with E-state index in [1.165, 1.54) is 0 Å². The van der Waals surface area contributed by atoms with Crippen LogP contribution in [0.3, 0.4) is 0 Å². The zero-order valence-corrected chi connectivity index (χ0v) is 8.49. The molecule has 0 spiro atoms. The maximum absolute atomic E-state index is 13.2. The second-order valence-electron chi connectivity index (χ2n) is 2.36. The van der Waals surface area contributed by atoms with Crippen molar-refractivity contribution in [2.75, 3.05) is 7.11 Å². The standard InChI is InChI=1S/C7H5ClF2O3S/c1-13-5-2-4(9)3-6(7(5)10)14(8,11)12/h2-3H,1H3. The van der Waals surface area contributed by atoms with E-state index in [0.29, 0.717) is 6.07 Å². The summed E-state index contributed by atoms with van der Waals surface area (Å²) in [5, 5.41) is 0. The molecule has 3 nitrogen and oxygen atoms in total. The third-order valence-electron chi connectivity index (χ3n) is 1.45. The van der Waals surface area contributed by atoms with Gasteiger partial charge in [0.25, 0.3) is 9.05 Å². The van der Waals surface area contributed by atoms with Gasteiger partial charge < -0.3 is 4.74 Å². The average Bonchev–Trinajstić information content (AvgIpc) is 2.06. The molecule has 78 valence electrons. The molecule has 0 saturated heterocycles. The van der Waals surface area contributed by atoms with E-state index in [4.69, 9.17) is 10.7 Å². The van der Waals surface area contributed by atoms with Crippen molar-refractivity contribution in [3.63, 3.8) is 0 Å². The molecule has 7 heteroatoms. The highest BCUT2D eigenvalue weighted by molar-refractivity contribution is 8.13. The summed E-state index contributed by atoms with van der Waals surface area (Å²) in [5.74, 6) is -2.66. The molecule has 0 unspecified atom stereocenters. The molecule has 0 atom stereocenters. The molecule has 14 heavy (non-hydrogen) atoms. The van der Waals surface area contributed by atoms with Gasteiger partial charge in [-0.3, -0.25) is 0 Å². The number of methoxy groups -OCH3 is 1. The first-order valence-electron chi connectivity index (χ1n) is 3.34. The fourth-order valence-electron chi connectivity index (χ4n) is 0.866. The molecule has 1 aromatic carbocycles. The SMILES string of the molecule is COc1cc(F)cc(S(=O)(=O)Cl)c1F. The average molecular weight is 243 g/mol. The smallest absolute Gasteiger partial charge is 0.264 e. The van der Waals surface area contributed by atoms with Crippen molar-refractivity contribution < 1.29 is 21.9 Å². The number of ether oxygens (including phenoxy) is 1. The topological polar surface area (TPSA) is 43.4 Å². The van der Waals surface area contributed by atoms with E-state index in [-0.39, 0.29) is 0 Å². The number of halogens is 3. The monoisotopic (exact) mass is 242 g/mol. The fraction of sp³-hybridized carbons (Fsp3) is 0.143. The van der Waals surface area contributed by atoms with E-state index in [9.17, 15) is 17.2 Å². The Bertz CT molecular complexity index is 458. The lowest BCUT2D eigenvalue weighted by Gasteiger charge is -2.04. The van der Waals surface area contributed by atoms with E-state index < -0.39 is 31.3 Å². The largest absolute Gasteiger partial charge is 0.494 e. The zero-order valence-electron chi connectivity index (χ0n) is 6.92. The Morgan fingerprint density at radius 3 is 2.36 bits per heavy atom. The Labute approximate surface area is 83.7 Å². The minimum absolute atomic E-state index is 0.486. The maximum atomic E-state index is 13.2. The van der Waals surface area contributed by atoms with Crippen molar-refractivity contribution in [1.82, 2.24) is 0 Å². The van der Waals surface area contributed by atoms with Crippen LogP contribution < -0.4 is 4.74 Å². The zero-order chi connectivity index (χ0) is 10.9. The summed E-state index contributed by atoms with van der Waals surface area (Å²) in [6.07, 6.45) is 0. The molecule has 0 heterocycles. The van der Waals surface area contributed by atoms with Crippen LogP contribution in [-0.4, -0.2) is 15.5 Å². The first-order chi connectivity index (χ1) is 6.36. The van der Waals surface area contributed by atoms with Crippen molar-refractivity contribution in [2.24, 2.45) is 0 Å². The van der Waals surface area contributed by atoms with Gasteiger partial charge in [0.05, 0.1) is 7.11 Å². The molecule has 0 bridgehead atoms. The molecule has 0 aliphatic carbocycles. The van der Waals surface area contributed by atoms with E-state index in [1.807, 2.05) is 0 Å². The van der Waals surface area contributed by atoms with Gasteiger partial charge in [-0.1, -0.05) is 0 Å². The minimum atomic E-state index is -4.31.